The molecule has 3 heterocycles. The lowest BCUT2D eigenvalue weighted by Crippen LogP contribution is -2.48. The van der Waals surface area contributed by atoms with Gasteiger partial charge in [0.25, 0.3) is 5.56 Å². The molecule has 0 radical (unpaired) electrons. The van der Waals surface area contributed by atoms with Crippen LogP contribution in [-0.4, -0.2) is 41.6 Å². The van der Waals surface area contributed by atoms with Crippen LogP contribution in [0.1, 0.15) is 33.1 Å². The van der Waals surface area contributed by atoms with Crippen molar-refractivity contribution >= 4 is 17.1 Å². The zero-order valence-corrected chi connectivity index (χ0v) is 14.5. The van der Waals surface area contributed by atoms with Gasteiger partial charge in [-0.25, -0.2) is 9.78 Å². The summed E-state index contributed by atoms with van der Waals surface area (Å²) in [5.41, 5.74) is -0.276. The Morgan fingerprint density at radius 2 is 1.79 bits per heavy atom. The highest BCUT2D eigenvalue weighted by Gasteiger charge is 2.29. The van der Waals surface area contributed by atoms with Gasteiger partial charge in [0.2, 0.25) is 5.91 Å². The summed E-state index contributed by atoms with van der Waals surface area (Å²) in [4.78, 5) is 43.2. The number of imidazole rings is 1. The first-order chi connectivity index (χ1) is 11.3. The molecule has 1 fully saturated rings. The Bertz CT molecular complexity index is 897. The second-order valence-electron chi connectivity index (χ2n) is 6.68. The maximum absolute atomic E-state index is 12.8. The third-order valence-electron chi connectivity index (χ3n) is 5.00. The lowest BCUT2D eigenvalue weighted by atomic mass is 9.97. The molecule has 0 spiro atoms. The van der Waals surface area contributed by atoms with Gasteiger partial charge in [-0.2, -0.15) is 0 Å². The third-order valence-corrected chi connectivity index (χ3v) is 5.00. The fraction of sp³-hybridized carbons (Fsp3) is 0.625. The first kappa shape index (κ1) is 16.5. The van der Waals surface area contributed by atoms with Crippen molar-refractivity contribution in [1.29, 1.82) is 0 Å². The first-order valence-corrected chi connectivity index (χ1v) is 8.25. The molecule has 1 amide bonds. The minimum atomic E-state index is -0.432. The Morgan fingerprint density at radius 1 is 1.17 bits per heavy atom. The monoisotopic (exact) mass is 333 g/mol. The summed E-state index contributed by atoms with van der Waals surface area (Å²) in [6, 6.07) is 0.395. The van der Waals surface area contributed by atoms with Crippen molar-refractivity contribution in [3.05, 3.63) is 27.2 Å². The SMILES string of the molecule is CC1CCCC(C)N1C(=O)Cn1cnc2c1c(=O)n(C)c(=O)n2C. The van der Waals surface area contributed by atoms with E-state index in [1.165, 1.54) is 17.9 Å². The van der Waals surface area contributed by atoms with Crippen LogP contribution in [-0.2, 0) is 25.4 Å². The molecule has 8 heteroatoms. The summed E-state index contributed by atoms with van der Waals surface area (Å²) >= 11 is 0. The van der Waals surface area contributed by atoms with E-state index in [0.717, 1.165) is 23.8 Å². The Hall–Kier alpha value is -2.38. The van der Waals surface area contributed by atoms with Crippen LogP contribution in [0.5, 0.6) is 0 Å². The maximum atomic E-state index is 12.8. The average molecular weight is 333 g/mol. The molecule has 0 aromatic carbocycles. The zero-order valence-electron chi connectivity index (χ0n) is 14.5. The molecule has 8 nitrogen and oxygen atoms in total. The van der Waals surface area contributed by atoms with Gasteiger partial charge in [0.05, 0.1) is 6.33 Å². The van der Waals surface area contributed by atoms with Gasteiger partial charge in [0.15, 0.2) is 11.2 Å². The van der Waals surface area contributed by atoms with Crippen molar-refractivity contribution in [2.45, 2.75) is 51.7 Å². The number of carbonyl (C=O) groups excluding carboxylic acids is 1. The van der Waals surface area contributed by atoms with Gasteiger partial charge in [0.1, 0.15) is 6.54 Å². The summed E-state index contributed by atoms with van der Waals surface area (Å²) < 4.78 is 3.91. The molecule has 0 aliphatic carbocycles. The first-order valence-electron chi connectivity index (χ1n) is 8.25. The third kappa shape index (κ3) is 2.46. The van der Waals surface area contributed by atoms with Crippen LogP contribution in [0.15, 0.2) is 15.9 Å². The van der Waals surface area contributed by atoms with E-state index < -0.39 is 11.2 Å². The number of nitrogens with zero attached hydrogens (tertiary/aromatic N) is 5. The number of piperidine rings is 1. The van der Waals surface area contributed by atoms with Gasteiger partial charge >= 0.3 is 5.69 Å². The Kier molecular flexibility index (Phi) is 4.06. The zero-order chi connectivity index (χ0) is 17.6. The van der Waals surface area contributed by atoms with Crippen LogP contribution >= 0.6 is 0 Å². The second-order valence-corrected chi connectivity index (χ2v) is 6.68. The summed E-state index contributed by atoms with van der Waals surface area (Å²) in [6.07, 6.45) is 4.58. The van der Waals surface area contributed by atoms with Crippen molar-refractivity contribution in [2.75, 3.05) is 0 Å². The number of likely N-dealkylation sites (tertiary alicyclic amines) is 1. The molecule has 0 saturated carbocycles. The number of aryl methyl sites for hydroxylation is 1. The van der Waals surface area contributed by atoms with Crippen LogP contribution in [0.4, 0.5) is 0 Å². The second kappa shape index (κ2) is 5.92. The van der Waals surface area contributed by atoms with Crippen molar-refractivity contribution < 1.29 is 4.79 Å². The smallest absolute Gasteiger partial charge is 0.332 e. The predicted molar refractivity (Wildman–Crippen MR) is 89.8 cm³/mol. The lowest BCUT2D eigenvalue weighted by Gasteiger charge is -2.39. The van der Waals surface area contributed by atoms with Crippen LogP contribution in [0, 0.1) is 0 Å². The van der Waals surface area contributed by atoms with E-state index in [1.807, 2.05) is 4.90 Å². The fourth-order valence-corrected chi connectivity index (χ4v) is 3.66. The molecule has 3 rings (SSSR count). The highest BCUT2D eigenvalue weighted by molar-refractivity contribution is 5.79. The summed E-state index contributed by atoms with van der Waals surface area (Å²) in [6.45, 7) is 4.17. The van der Waals surface area contributed by atoms with Gasteiger partial charge in [-0.15, -0.1) is 0 Å². The van der Waals surface area contributed by atoms with E-state index in [-0.39, 0.29) is 30.1 Å². The highest BCUT2D eigenvalue weighted by atomic mass is 16.2. The normalized spacial score (nSPS) is 21.4. The van der Waals surface area contributed by atoms with E-state index in [2.05, 4.69) is 18.8 Å². The standard InChI is InChI=1S/C16H23N5O3/c1-10-6-5-7-11(2)21(10)12(22)8-20-9-17-14-13(20)15(23)19(4)16(24)18(14)3/h9-11H,5-8H2,1-4H3. The van der Waals surface area contributed by atoms with Gasteiger partial charge in [0, 0.05) is 26.2 Å². The summed E-state index contributed by atoms with van der Waals surface area (Å²) in [5, 5.41) is 0. The number of carbonyl (C=O) groups is 1. The Morgan fingerprint density at radius 3 is 2.42 bits per heavy atom. The topological polar surface area (TPSA) is 82.1 Å². The Balaban J connectivity index is 2.01. The van der Waals surface area contributed by atoms with Gasteiger partial charge < -0.3 is 9.47 Å². The van der Waals surface area contributed by atoms with Crippen LogP contribution in [0.3, 0.4) is 0 Å². The molecule has 2 aromatic heterocycles. The minimum absolute atomic E-state index is 0.0232. The number of aromatic nitrogens is 4. The van der Waals surface area contributed by atoms with Gasteiger partial charge in [-0.05, 0) is 33.1 Å². The Labute approximate surface area is 139 Å². The maximum Gasteiger partial charge on any atom is 0.332 e. The molecule has 24 heavy (non-hydrogen) atoms. The largest absolute Gasteiger partial charge is 0.336 e. The molecule has 0 N–H and O–H groups in total. The number of hydrogen-bond acceptors (Lipinski definition) is 4. The quantitative estimate of drug-likeness (QED) is 0.787. The molecule has 0 bridgehead atoms. The molecular formula is C16H23N5O3. The highest BCUT2D eigenvalue weighted by Crippen LogP contribution is 2.23. The summed E-state index contributed by atoms with van der Waals surface area (Å²) in [5.74, 6) is -0.0232. The number of hydrogen-bond donors (Lipinski definition) is 0. The fourth-order valence-electron chi connectivity index (χ4n) is 3.66. The van der Waals surface area contributed by atoms with Crippen molar-refractivity contribution in [1.82, 2.24) is 23.6 Å². The molecule has 1 aliphatic rings. The van der Waals surface area contributed by atoms with Crippen LogP contribution < -0.4 is 11.2 Å². The van der Waals surface area contributed by atoms with Crippen molar-refractivity contribution in [3.8, 4) is 0 Å². The molecule has 2 atom stereocenters. The van der Waals surface area contributed by atoms with E-state index >= 15 is 0 Å². The number of rotatable bonds is 2. The minimum Gasteiger partial charge on any atom is -0.336 e. The predicted octanol–water partition coefficient (Wildman–Crippen LogP) is 0.223. The van der Waals surface area contributed by atoms with Crippen LogP contribution in [0.2, 0.25) is 0 Å². The average Bonchev–Trinajstić information content (AvgIpc) is 2.94. The van der Waals surface area contributed by atoms with E-state index in [9.17, 15) is 14.4 Å². The molecule has 130 valence electrons. The molecule has 2 aromatic rings. The summed E-state index contributed by atoms with van der Waals surface area (Å²) in [7, 11) is 3.00. The van der Waals surface area contributed by atoms with E-state index in [1.54, 1.807) is 11.6 Å². The van der Waals surface area contributed by atoms with Crippen molar-refractivity contribution in [3.63, 3.8) is 0 Å². The molecule has 1 saturated heterocycles. The molecule has 1 aliphatic heterocycles. The molecule has 2 unspecified atom stereocenters. The molecular weight excluding hydrogens is 310 g/mol. The van der Waals surface area contributed by atoms with E-state index in [0.29, 0.717) is 5.65 Å². The lowest BCUT2D eigenvalue weighted by molar-refractivity contribution is -0.137. The van der Waals surface area contributed by atoms with Crippen LogP contribution in [0.25, 0.3) is 11.2 Å². The van der Waals surface area contributed by atoms with Gasteiger partial charge in [-0.1, -0.05) is 0 Å². The van der Waals surface area contributed by atoms with Gasteiger partial charge in [-0.3, -0.25) is 18.7 Å². The number of fused-ring (bicyclic) bond motifs is 1. The van der Waals surface area contributed by atoms with E-state index in [4.69, 9.17) is 0 Å². The van der Waals surface area contributed by atoms with Crippen molar-refractivity contribution in [2.24, 2.45) is 14.1 Å². The number of amides is 1.